The Balaban J connectivity index is 1.45. The van der Waals surface area contributed by atoms with Crippen molar-refractivity contribution in [1.29, 1.82) is 0 Å². The van der Waals surface area contributed by atoms with Gasteiger partial charge in [-0.2, -0.15) is 0 Å². The fourth-order valence-corrected chi connectivity index (χ4v) is 5.22. The molecule has 2 aliphatic heterocycles. The van der Waals surface area contributed by atoms with Crippen LogP contribution in [-0.4, -0.2) is 76.4 Å². The highest BCUT2D eigenvalue weighted by Crippen LogP contribution is 2.33. The molecule has 0 spiro atoms. The molecule has 31 heavy (non-hydrogen) atoms. The number of hydrogen-bond donors (Lipinski definition) is 1. The molecule has 4 rings (SSSR count). The molecular weight excluding hydrogens is 412 g/mol. The van der Waals surface area contributed by atoms with Gasteiger partial charge in [-0.1, -0.05) is 6.07 Å². The third kappa shape index (κ3) is 4.97. The highest BCUT2D eigenvalue weighted by Gasteiger charge is 2.26. The second-order valence-corrected chi connectivity index (χ2v) is 8.73. The molecule has 8 heteroatoms. The lowest BCUT2D eigenvalue weighted by Crippen LogP contribution is -2.48. The van der Waals surface area contributed by atoms with E-state index in [1.807, 2.05) is 18.4 Å². The van der Waals surface area contributed by atoms with Crippen molar-refractivity contribution in [2.45, 2.75) is 19.0 Å². The fraction of sp³-hybridized carbons (Fsp3) is 0.522. The van der Waals surface area contributed by atoms with Crippen molar-refractivity contribution in [2.75, 3.05) is 60.7 Å². The maximum absolute atomic E-state index is 5.57. The number of ether oxygens (including phenoxy) is 3. The molecule has 2 aromatic rings. The molecule has 1 fully saturated rings. The molecular formula is C23H32N4O3S. The van der Waals surface area contributed by atoms with Gasteiger partial charge in [-0.05, 0) is 41.1 Å². The van der Waals surface area contributed by atoms with Crippen molar-refractivity contribution >= 4 is 17.3 Å². The standard InChI is InChI=1S/C23H32N4O3S/c1-24-23(25-15-19(22-5-4-12-31-22)26-8-10-30-11-9-26)27-7-6-17-13-20(28-2)21(29-3)14-18(17)16-27/h4-5,12-14,19H,6-11,15-16H2,1-3H3,(H,24,25). The molecule has 7 nitrogen and oxygen atoms in total. The minimum Gasteiger partial charge on any atom is -0.493 e. The number of guanidine groups is 1. The van der Waals surface area contributed by atoms with Gasteiger partial charge in [0.15, 0.2) is 17.5 Å². The molecule has 1 aromatic carbocycles. The molecule has 0 saturated carbocycles. The smallest absolute Gasteiger partial charge is 0.194 e. The number of nitrogens with zero attached hydrogens (tertiary/aromatic N) is 3. The van der Waals surface area contributed by atoms with E-state index in [9.17, 15) is 0 Å². The van der Waals surface area contributed by atoms with Crippen molar-refractivity contribution in [2.24, 2.45) is 4.99 Å². The van der Waals surface area contributed by atoms with Gasteiger partial charge in [0.25, 0.3) is 0 Å². The van der Waals surface area contributed by atoms with E-state index in [1.165, 1.54) is 16.0 Å². The van der Waals surface area contributed by atoms with Crippen LogP contribution in [0.3, 0.4) is 0 Å². The number of thiophene rings is 1. The average Bonchev–Trinajstić information content (AvgIpc) is 3.36. The molecule has 3 heterocycles. The first kappa shape index (κ1) is 21.9. The maximum Gasteiger partial charge on any atom is 0.194 e. The summed E-state index contributed by atoms with van der Waals surface area (Å²) in [6, 6.07) is 8.88. The van der Waals surface area contributed by atoms with Crippen LogP contribution in [-0.2, 0) is 17.7 Å². The summed E-state index contributed by atoms with van der Waals surface area (Å²) in [6.45, 7) is 6.06. The fourth-order valence-electron chi connectivity index (χ4n) is 4.36. The van der Waals surface area contributed by atoms with Crippen molar-refractivity contribution in [3.63, 3.8) is 0 Å². The van der Waals surface area contributed by atoms with Gasteiger partial charge in [-0.15, -0.1) is 11.3 Å². The molecule has 0 amide bonds. The first-order valence-electron chi connectivity index (χ1n) is 10.8. The van der Waals surface area contributed by atoms with Gasteiger partial charge in [0.05, 0.1) is 33.5 Å². The van der Waals surface area contributed by atoms with E-state index in [0.29, 0.717) is 6.04 Å². The van der Waals surface area contributed by atoms with Gasteiger partial charge in [0.1, 0.15) is 0 Å². The van der Waals surface area contributed by atoms with Crippen LogP contribution < -0.4 is 14.8 Å². The lowest BCUT2D eigenvalue weighted by atomic mass is 9.99. The van der Waals surface area contributed by atoms with Crippen molar-refractivity contribution in [3.05, 3.63) is 45.6 Å². The first-order valence-corrected chi connectivity index (χ1v) is 11.7. The normalized spacial score (nSPS) is 18.4. The maximum atomic E-state index is 5.57. The van der Waals surface area contributed by atoms with Gasteiger partial charge in [0.2, 0.25) is 0 Å². The van der Waals surface area contributed by atoms with Crippen molar-refractivity contribution < 1.29 is 14.2 Å². The Labute approximate surface area is 188 Å². The van der Waals surface area contributed by atoms with Crippen LogP contribution in [0.1, 0.15) is 22.0 Å². The van der Waals surface area contributed by atoms with E-state index < -0.39 is 0 Å². The van der Waals surface area contributed by atoms with Crippen LogP contribution in [0.4, 0.5) is 0 Å². The molecule has 0 aliphatic carbocycles. The largest absolute Gasteiger partial charge is 0.493 e. The number of methoxy groups -OCH3 is 2. The number of hydrogen-bond acceptors (Lipinski definition) is 6. The highest BCUT2D eigenvalue weighted by molar-refractivity contribution is 7.10. The van der Waals surface area contributed by atoms with Gasteiger partial charge in [0, 0.05) is 44.6 Å². The van der Waals surface area contributed by atoms with Crippen molar-refractivity contribution in [1.82, 2.24) is 15.1 Å². The molecule has 1 N–H and O–H groups in total. The van der Waals surface area contributed by atoms with Gasteiger partial charge >= 0.3 is 0 Å². The Bertz CT molecular complexity index is 881. The Morgan fingerprint density at radius 1 is 1.16 bits per heavy atom. The number of rotatable bonds is 6. The number of nitrogens with one attached hydrogen (secondary N) is 1. The van der Waals surface area contributed by atoms with Crippen LogP contribution >= 0.6 is 11.3 Å². The Morgan fingerprint density at radius 3 is 2.55 bits per heavy atom. The van der Waals surface area contributed by atoms with Crippen LogP contribution in [0.25, 0.3) is 0 Å². The van der Waals surface area contributed by atoms with E-state index in [0.717, 1.165) is 69.8 Å². The quantitative estimate of drug-likeness (QED) is 0.546. The number of aliphatic imine (C=N–C) groups is 1. The molecule has 0 bridgehead atoms. The topological polar surface area (TPSA) is 58.6 Å². The molecule has 0 radical (unpaired) electrons. The van der Waals surface area contributed by atoms with Crippen molar-refractivity contribution in [3.8, 4) is 11.5 Å². The van der Waals surface area contributed by atoms with Gasteiger partial charge < -0.3 is 24.4 Å². The zero-order valence-electron chi connectivity index (χ0n) is 18.6. The summed E-state index contributed by atoms with van der Waals surface area (Å²) in [5.41, 5.74) is 2.57. The number of benzene rings is 1. The molecule has 1 unspecified atom stereocenters. The van der Waals surface area contributed by atoms with Crippen LogP contribution in [0, 0.1) is 0 Å². The number of morpholine rings is 1. The van der Waals surface area contributed by atoms with Crippen LogP contribution in [0.2, 0.25) is 0 Å². The molecule has 2 aliphatic rings. The van der Waals surface area contributed by atoms with Crippen LogP contribution in [0.5, 0.6) is 11.5 Å². The Kier molecular flexibility index (Phi) is 7.32. The second kappa shape index (κ2) is 10.3. The third-order valence-electron chi connectivity index (χ3n) is 6.04. The summed E-state index contributed by atoms with van der Waals surface area (Å²) in [5, 5.41) is 5.80. The zero-order chi connectivity index (χ0) is 21.6. The summed E-state index contributed by atoms with van der Waals surface area (Å²) in [5.74, 6) is 2.51. The number of fused-ring (bicyclic) bond motifs is 1. The van der Waals surface area contributed by atoms with E-state index in [2.05, 4.69) is 49.8 Å². The van der Waals surface area contributed by atoms with Gasteiger partial charge in [-0.3, -0.25) is 9.89 Å². The van der Waals surface area contributed by atoms with E-state index in [-0.39, 0.29) is 0 Å². The first-order chi connectivity index (χ1) is 15.2. The minimum atomic E-state index is 0.321. The van der Waals surface area contributed by atoms with E-state index in [4.69, 9.17) is 14.2 Å². The third-order valence-corrected chi connectivity index (χ3v) is 7.01. The zero-order valence-corrected chi connectivity index (χ0v) is 19.4. The lowest BCUT2D eigenvalue weighted by molar-refractivity contribution is 0.0176. The minimum absolute atomic E-state index is 0.321. The predicted molar refractivity (Wildman–Crippen MR) is 124 cm³/mol. The summed E-state index contributed by atoms with van der Waals surface area (Å²) in [4.78, 5) is 10.8. The van der Waals surface area contributed by atoms with E-state index >= 15 is 0 Å². The lowest BCUT2D eigenvalue weighted by Gasteiger charge is -2.36. The predicted octanol–water partition coefficient (Wildman–Crippen LogP) is 2.77. The average molecular weight is 445 g/mol. The van der Waals surface area contributed by atoms with Gasteiger partial charge in [-0.25, -0.2) is 0 Å². The molecule has 1 saturated heterocycles. The van der Waals surface area contributed by atoms with Crippen LogP contribution in [0.15, 0.2) is 34.6 Å². The van der Waals surface area contributed by atoms with E-state index in [1.54, 1.807) is 14.2 Å². The Hall–Kier alpha value is -2.29. The summed E-state index contributed by atoms with van der Waals surface area (Å²) in [7, 11) is 5.23. The monoisotopic (exact) mass is 444 g/mol. The second-order valence-electron chi connectivity index (χ2n) is 7.76. The molecule has 1 atom stereocenters. The Morgan fingerprint density at radius 2 is 1.90 bits per heavy atom. The highest BCUT2D eigenvalue weighted by atomic mass is 32.1. The summed E-state index contributed by atoms with van der Waals surface area (Å²) < 4.78 is 16.5. The molecule has 1 aromatic heterocycles. The molecule has 168 valence electrons. The summed E-state index contributed by atoms with van der Waals surface area (Å²) >= 11 is 1.82. The summed E-state index contributed by atoms with van der Waals surface area (Å²) in [6.07, 6.45) is 0.953. The SMILES string of the molecule is CN=C(NCC(c1cccs1)N1CCOCC1)N1CCc2cc(OC)c(OC)cc2C1.